The monoisotopic (exact) mass is 811 g/mol. The number of anilines is 1. The number of aliphatic hydroxyl groups excluding tert-OH is 2. The third-order valence-corrected chi connectivity index (χ3v) is 15.8. The number of hydrogen-bond acceptors (Lipinski definition) is 11. The lowest BCUT2D eigenvalue weighted by Crippen LogP contribution is -2.81. The van der Waals surface area contributed by atoms with Crippen LogP contribution < -0.4 is 15.0 Å². The predicted molar refractivity (Wildman–Crippen MR) is 224 cm³/mol. The van der Waals surface area contributed by atoms with Gasteiger partial charge in [-0.3, -0.25) is 19.4 Å². The van der Waals surface area contributed by atoms with Crippen LogP contribution in [-0.2, 0) is 31.6 Å². The Balaban J connectivity index is 1.34. The maximum absolute atomic E-state index is 15.3. The first-order chi connectivity index (χ1) is 28.2. The molecule has 6 N–H and O–H groups in total. The van der Waals surface area contributed by atoms with Crippen molar-refractivity contribution in [1.82, 2.24) is 20.1 Å². The highest BCUT2D eigenvalue weighted by Gasteiger charge is 2.78. The number of aromatic nitrogens is 1. The van der Waals surface area contributed by atoms with Gasteiger partial charge in [-0.05, 0) is 81.2 Å². The van der Waals surface area contributed by atoms with Crippen molar-refractivity contribution in [3.8, 4) is 5.75 Å². The van der Waals surface area contributed by atoms with E-state index in [4.69, 9.17) is 9.47 Å². The fraction of sp³-hybridized carbons (Fsp3) is 0.609. The maximum atomic E-state index is 15.3. The Morgan fingerprint density at radius 2 is 1.83 bits per heavy atom. The number of amides is 1. The first-order valence-corrected chi connectivity index (χ1v) is 21.6. The minimum absolute atomic E-state index is 0.0903. The molecule has 1 saturated carbocycles. The van der Waals surface area contributed by atoms with E-state index in [-0.39, 0.29) is 18.5 Å². The number of benzene rings is 2. The molecule has 9 rings (SSSR count). The number of methoxy groups -OCH3 is 2. The van der Waals surface area contributed by atoms with Crippen molar-refractivity contribution in [2.75, 3.05) is 65.4 Å². The number of carbonyl (C=O) groups excluding carboxylic acids is 2. The molecule has 13 heteroatoms. The van der Waals surface area contributed by atoms with E-state index in [1.807, 2.05) is 62.2 Å². The van der Waals surface area contributed by atoms with Gasteiger partial charge in [0.05, 0.1) is 32.0 Å². The molecule has 2 aromatic carbocycles. The number of aliphatic hydroxyl groups is 4. The van der Waals surface area contributed by atoms with E-state index in [2.05, 4.69) is 32.2 Å². The van der Waals surface area contributed by atoms with Gasteiger partial charge < -0.3 is 45.1 Å². The molecule has 2 bridgehead atoms. The van der Waals surface area contributed by atoms with E-state index >= 15 is 4.79 Å². The molecule has 1 spiro atoms. The SMILES string of the molecule is CCC1(O)CC2CN(CCc3c([nH]c4ccccc34)[C@@](C(=O)OC)(c3cc4c(cc3OC)N(C)C3C45CCN4CC=C[C@](CC)(C45)[C@@H](O)[C@]3(O)C(=O)NC[C@H](C)O)C2)C1. The highest BCUT2D eigenvalue weighted by Crippen LogP contribution is 2.67. The number of rotatable bonds is 8. The number of H-pyrrole nitrogens is 1. The van der Waals surface area contributed by atoms with Gasteiger partial charge in [-0.1, -0.05) is 44.2 Å². The number of nitrogens with zero attached hydrogens (tertiary/aromatic N) is 3. The smallest absolute Gasteiger partial charge is 0.322 e. The molecule has 59 heavy (non-hydrogen) atoms. The summed E-state index contributed by atoms with van der Waals surface area (Å²) < 4.78 is 12.3. The topological polar surface area (TPSA) is 171 Å². The molecule has 3 aromatic rings. The van der Waals surface area contributed by atoms with Crippen LogP contribution in [0.1, 0.15) is 75.3 Å². The van der Waals surface area contributed by atoms with Crippen LogP contribution in [0.2, 0.25) is 0 Å². The molecule has 6 aliphatic rings. The number of nitrogens with one attached hydrogen (secondary N) is 2. The lowest BCUT2D eigenvalue weighted by Gasteiger charge is -2.63. The minimum atomic E-state index is -2.31. The molecule has 3 fully saturated rings. The normalized spacial score (nSPS) is 37.7. The number of esters is 1. The predicted octanol–water partition coefficient (Wildman–Crippen LogP) is 2.74. The molecule has 1 aromatic heterocycles. The largest absolute Gasteiger partial charge is 0.496 e. The van der Waals surface area contributed by atoms with E-state index in [1.165, 1.54) is 7.11 Å². The maximum Gasteiger partial charge on any atom is 0.322 e. The number of para-hydroxylation sites is 1. The Morgan fingerprint density at radius 3 is 2.54 bits per heavy atom. The Kier molecular flexibility index (Phi) is 9.62. The second-order valence-corrected chi connectivity index (χ2v) is 18.7. The summed E-state index contributed by atoms with van der Waals surface area (Å²) in [5, 5.41) is 51.9. The quantitative estimate of drug-likeness (QED) is 0.146. The van der Waals surface area contributed by atoms with Crippen LogP contribution in [0.5, 0.6) is 5.75 Å². The standard InChI is InChI=1S/C46H61N5O8/c1-7-42(56)22-28-23-45(41(55)59-6,36-30(14-18-50(25-28)26-42)29-12-9-10-13-33(29)48-36)32-20-31-34(21-35(32)58-5)49(4)38-44(31)16-19-51-17-11-15-43(8-2,37(44)51)39(53)46(38,57)40(54)47-24-27(3)52/h9-13,15,20-21,27-28,37-39,48,52-53,56-57H,7-8,14,16-19,22-26H2,1-6H3,(H,47,54)/t27-,28?,37?,38?,39+,42?,43+,44?,45-,46-/m0/s1. The molecule has 1 amide bonds. The Morgan fingerprint density at radius 1 is 1.05 bits per heavy atom. The zero-order chi connectivity index (χ0) is 41.9. The van der Waals surface area contributed by atoms with Gasteiger partial charge >= 0.3 is 5.97 Å². The van der Waals surface area contributed by atoms with Crippen LogP contribution in [0.25, 0.3) is 10.9 Å². The molecule has 6 unspecified atom stereocenters. The van der Waals surface area contributed by atoms with Crippen molar-refractivity contribution in [2.45, 2.75) is 106 Å². The Hall–Kier alpha value is -3.98. The summed E-state index contributed by atoms with van der Waals surface area (Å²) in [6.07, 6.45) is 4.83. The molecule has 11 atom stereocenters. The molecule has 1 aliphatic carbocycles. The van der Waals surface area contributed by atoms with Gasteiger partial charge in [-0.2, -0.15) is 0 Å². The van der Waals surface area contributed by atoms with E-state index in [9.17, 15) is 25.2 Å². The zero-order valence-electron chi connectivity index (χ0n) is 35.3. The number of likely N-dealkylation sites (N-methyl/N-ethyl adjacent to an activating group) is 1. The van der Waals surface area contributed by atoms with Crippen LogP contribution in [-0.4, -0.2) is 143 Å². The molecule has 5 aliphatic heterocycles. The van der Waals surface area contributed by atoms with Crippen LogP contribution in [0.15, 0.2) is 48.6 Å². The Bertz CT molecular complexity index is 2210. The van der Waals surface area contributed by atoms with Gasteiger partial charge in [0.1, 0.15) is 17.3 Å². The highest BCUT2D eigenvalue weighted by atomic mass is 16.5. The minimum Gasteiger partial charge on any atom is -0.496 e. The number of hydrogen-bond donors (Lipinski definition) is 6. The highest BCUT2D eigenvalue weighted by molar-refractivity contribution is 5.95. The molecule has 2 saturated heterocycles. The van der Waals surface area contributed by atoms with Crippen molar-refractivity contribution >= 4 is 28.5 Å². The average molecular weight is 812 g/mol. The van der Waals surface area contributed by atoms with Crippen LogP contribution in [0, 0.1) is 11.3 Å². The Labute approximate surface area is 346 Å². The van der Waals surface area contributed by atoms with Gasteiger partial charge in [0.25, 0.3) is 5.91 Å². The number of aromatic amines is 1. The summed E-state index contributed by atoms with van der Waals surface area (Å²) in [5.41, 5.74) is -1.61. The lowest BCUT2D eigenvalue weighted by atomic mass is 9.47. The number of ether oxygens (including phenoxy) is 2. The van der Waals surface area contributed by atoms with E-state index in [0.29, 0.717) is 82.6 Å². The van der Waals surface area contributed by atoms with Gasteiger partial charge in [0, 0.05) is 90.6 Å². The molecule has 13 nitrogen and oxygen atoms in total. The van der Waals surface area contributed by atoms with Gasteiger partial charge in [0.15, 0.2) is 5.60 Å². The molecule has 6 heterocycles. The zero-order valence-corrected chi connectivity index (χ0v) is 35.3. The van der Waals surface area contributed by atoms with E-state index in [0.717, 1.165) is 33.4 Å². The summed E-state index contributed by atoms with van der Waals surface area (Å²) in [5.74, 6) is -0.808. The molecular formula is C46H61N5O8. The fourth-order valence-corrected chi connectivity index (χ4v) is 13.4. The summed E-state index contributed by atoms with van der Waals surface area (Å²) in [7, 11) is 4.90. The number of fused-ring (bicyclic) bond motifs is 6. The molecule has 0 radical (unpaired) electrons. The third kappa shape index (κ3) is 5.37. The van der Waals surface area contributed by atoms with Gasteiger partial charge in [-0.25, -0.2) is 0 Å². The number of carbonyl (C=O) groups is 2. The van der Waals surface area contributed by atoms with Crippen LogP contribution in [0.4, 0.5) is 5.69 Å². The summed E-state index contributed by atoms with van der Waals surface area (Å²) in [4.78, 5) is 40.3. The number of piperidine rings is 1. The first-order valence-electron chi connectivity index (χ1n) is 21.6. The second kappa shape index (κ2) is 14.0. The molecule has 318 valence electrons. The summed E-state index contributed by atoms with van der Waals surface area (Å²) >= 11 is 0. The fourth-order valence-electron chi connectivity index (χ4n) is 13.4. The molecular weight excluding hydrogens is 751 g/mol. The first kappa shape index (κ1) is 40.4. The summed E-state index contributed by atoms with van der Waals surface area (Å²) in [6, 6.07) is 11.0. The van der Waals surface area contributed by atoms with Crippen molar-refractivity contribution < 1.29 is 39.5 Å². The van der Waals surface area contributed by atoms with E-state index < -0.39 is 57.6 Å². The average Bonchev–Trinajstić information content (AvgIpc) is 3.89. The van der Waals surface area contributed by atoms with Crippen molar-refractivity contribution in [1.29, 1.82) is 0 Å². The van der Waals surface area contributed by atoms with E-state index in [1.54, 1.807) is 14.0 Å². The van der Waals surface area contributed by atoms with Crippen molar-refractivity contribution in [3.05, 3.63) is 70.9 Å². The van der Waals surface area contributed by atoms with Gasteiger partial charge in [-0.15, -0.1) is 0 Å². The third-order valence-electron chi connectivity index (χ3n) is 15.8. The van der Waals surface area contributed by atoms with Crippen molar-refractivity contribution in [2.24, 2.45) is 11.3 Å². The van der Waals surface area contributed by atoms with Crippen LogP contribution >= 0.6 is 0 Å². The lowest BCUT2D eigenvalue weighted by molar-refractivity contribution is -0.203. The van der Waals surface area contributed by atoms with Crippen LogP contribution in [0.3, 0.4) is 0 Å². The second-order valence-electron chi connectivity index (χ2n) is 18.7. The summed E-state index contributed by atoms with van der Waals surface area (Å²) in [6.45, 7) is 8.81. The van der Waals surface area contributed by atoms with Crippen molar-refractivity contribution in [3.63, 3.8) is 0 Å². The van der Waals surface area contributed by atoms with Gasteiger partial charge in [0.2, 0.25) is 0 Å².